The number of pyridine rings is 1. The van der Waals surface area contributed by atoms with Crippen LogP contribution in [0.3, 0.4) is 0 Å². The molecule has 3 rings (SSSR count). The maximum absolute atomic E-state index is 5.80. The van der Waals surface area contributed by atoms with Crippen molar-refractivity contribution in [1.29, 1.82) is 0 Å². The van der Waals surface area contributed by atoms with Gasteiger partial charge in [0.1, 0.15) is 0 Å². The SMILES string of the molecule is Nc1ccnc(CN2CCN3CCCCC3C2)c1. The predicted molar refractivity (Wildman–Crippen MR) is 73.1 cm³/mol. The van der Waals surface area contributed by atoms with Crippen LogP contribution < -0.4 is 5.73 Å². The molecular formula is C14H22N4. The van der Waals surface area contributed by atoms with Crippen molar-refractivity contribution in [2.45, 2.75) is 31.8 Å². The molecule has 18 heavy (non-hydrogen) atoms. The summed E-state index contributed by atoms with van der Waals surface area (Å²) in [6.07, 6.45) is 5.95. The number of hydrogen-bond acceptors (Lipinski definition) is 4. The largest absolute Gasteiger partial charge is 0.399 e. The number of nitrogens with two attached hydrogens (primary N) is 1. The van der Waals surface area contributed by atoms with Gasteiger partial charge >= 0.3 is 0 Å². The van der Waals surface area contributed by atoms with Gasteiger partial charge < -0.3 is 5.73 Å². The van der Waals surface area contributed by atoms with E-state index in [0.717, 1.165) is 30.5 Å². The quantitative estimate of drug-likeness (QED) is 0.855. The van der Waals surface area contributed by atoms with Gasteiger partial charge in [0.2, 0.25) is 0 Å². The Morgan fingerprint density at radius 1 is 1.28 bits per heavy atom. The Labute approximate surface area is 109 Å². The Bertz CT molecular complexity index is 407. The second-order valence-corrected chi connectivity index (χ2v) is 5.50. The van der Waals surface area contributed by atoms with Gasteiger partial charge in [-0.25, -0.2) is 0 Å². The van der Waals surface area contributed by atoms with Crippen LogP contribution in [-0.4, -0.2) is 47.0 Å². The topological polar surface area (TPSA) is 45.4 Å². The zero-order valence-electron chi connectivity index (χ0n) is 10.9. The number of rotatable bonds is 2. The number of piperazine rings is 1. The van der Waals surface area contributed by atoms with E-state index in [9.17, 15) is 0 Å². The summed E-state index contributed by atoms with van der Waals surface area (Å²) in [5, 5.41) is 0. The van der Waals surface area contributed by atoms with E-state index in [1.54, 1.807) is 0 Å². The third-order valence-corrected chi connectivity index (χ3v) is 4.15. The molecule has 2 aliphatic heterocycles. The number of nitrogen functional groups attached to an aromatic ring is 1. The van der Waals surface area contributed by atoms with Crippen molar-refractivity contribution in [3.63, 3.8) is 0 Å². The summed E-state index contributed by atoms with van der Waals surface area (Å²) in [4.78, 5) is 9.58. The zero-order valence-corrected chi connectivity index (χ0v) is 10.9. The maximum Gasteiger partial charge on any atom is 0.0564 e. The van der Waals surface area contributed by atoms with Gasteiger partial charge in [-0.05, 0) is 31.5 Å². The van der Waals surface area contributed by atoms with E-state index in [-0.39, 0.29) is 0 Å². The molecule has 1 aromatic heterocycles. The molecule has 1 aromatic rings. The third kappa shape index (κ3) is 2.65. The van der Waals surface area contributed by atoms with Crippen LogP contribution in [0.2, 0.25) is 0 Å². The van der Waals surface area contributed by atoms with Crippen LogP contribution >= 0.6 is 0 Å². The molecule has 4 heteroatoms. The van der Waals surface area contributed by atoms with Crippen LogP contribution in [0.25, 0.3) is 0 Å². The fourth-order valence-electron chi connectivity index (χ4n) is 3.18. The second-order valence-electron chi connectivity index (χ2n) is 5.50. The van der Waals surface area contributed by atoms with E-state index in [2.05, 4.69) is 14.8 Å². The highest BCUT2D eigenvalue weighted by molar-refractivity contribution is 5.37. The monoisotopic (exact) mass is 246 g/mol. The first-order chi connectivity index (χ1) is 8.81. The first-order valence-electron chi connectivity index (χ1n) is 6.98. The fraction of sp³-hybridized carbons (Fsp3) is 0.643. The van der Waals surface area contributed by atoms with Crippen LogP contribution in [0.5, 0.6) is 0 Å². The van der Waals surface area contributed by atoms with E-state index in [1.165, 1.54) is 38.9 Å². The number of anilines is 1. The molecule has 2 fully saturated rings. The van der Waals surface area contributed by atoms with Gasteiger partial charge in [-0.1, -0.05) is 6.42 Å². The van der Waals surface area contributed by atoms with Crippen LogP contribution in [0.4, 0.5) is 5.69 Å². The number of hydrogen-bond donors (Lipinski definition) is 1. The van der Waals surface area contributed by atoms with Gasteiger partial charge in [-0.2, -0.15) is 0 Å². The number of nitrogens with zero attached hydrogens (tertiary/aromatic N) is 3. The molecule has 0 amide bonds. The Morgan fingerprint density at radius 2 is 2.22 bits per heavy atom. The number of piperidine rings is 1. The van der Waals surface area contributed by atoms with E-state index < -0.39 is 0 Å². The lowest BCUT2D eigenvalue weighted by molar-refractivity contribution is 0.0451. The van der Waals surface area contributed by atoms with E-state index in [4.69, 9.17) is 5.73 Å². The molecule has 98 valence electrons. The minimum absolute atomic E-state index is 0.772. The van der Waals surface area contributed by atoms with Crippen LogP contribution in [0.15, 0.2) is 18.3 Å². The summed E-state index contributed by atoms with van der Waals surface area (Å²) in [7, 11) is 0. The molecule has 4 nitrogen and oxygen atoms in total. The highest BCUT2D eigenvalue weighted by Gasteiger charge is 2.28. The van der Waals surface area contributed by atoms with Crippen LogP contribution in [0, 0.1) is 0 Å². The molecule has 3 heterocycles. The maximum atomic E-state index is 5.80. The second kappa shape index (κ2) is 5.24. The summed E-state index contributed by atoms with van der Waals surface area (Å²) >= 11 is 0. The lowest BCUT2D eigenvalue weighted by Crippen LogP contribution is -2.54. The molecule has 2 N–H and O–H groups in total. The van der Waals surface area contributed by atoms with Crippen molar-refractivity contribution < 1.29 is 0 Å². The molecule has 1 atom stereocenters. The molecular weight excluding hydrogens is 224 g/mol. The summed E-state index contributed by atoms with van der Waals surface area (Å²) in [6, 6.07) is 4.61. The van der Waals surface area contributed by atoms with Gasteiger partial charge in [0.25, 0.3) is 0 Å². The summed E-state index contributed by atoms with van der Waals surface area (Å²) in [5.74, 6) is 0. The fourth-order valence-corrected chi connectivity index (χ4v) is 3.18. The summed E-state index contributed by atoms with van der Waals surface area (Å²) < 4.78 is 0. The Morgan fingerprint density at radius 3 is 3.11 bits per heavy atom. The molecule has 2 saturated heterocycles. The van der Waals surface area contributed by atoms with Gasteiger partial charge in [0.05, 0.1) is 5.69 Å². The molecule has 0 aliphatic carbocycles. The van der Waals surface area contributed by atoms with Gasteiger partial charge in [-0.3, -0.25) is 14.8 Å². The van der Waals surface area contributed by atoms with Gasteiger partial charge in [-0.15, -0.1) is 0 Å². The predicted octanol–water partition coefficient (Wildman–Crippen LogP) is 1.33. The zero-order chi connectivity index (χ0) is 12.4. The van der Waals surface area contributed by atoms with Crippen molar-refractivity contribution in [1.82, 2.24) is 14.8 Å². The smallest absolute Gasteiger partial charge is 0.0564 e. The summed E-state index contributed by atoms with van der Waals surface area (Å²) in [6.45, 7) is 5.81. The van der Waals surface area contributed by atoms with Crippen LogP contribution in [-0.2, 0) is 6.54 Å². The van der Waals surface area contributed by atoms with Crippen molar-refractivity contribution in [2.24, 2.45) is 0 Å². The highest BCUT2D eigenvalue weighted by Crippen LogP contribution is 2.21. The van der Waals surface area contributed by atoms with Gasteiger partial charge in [0.15, 0.2) is 0 Å². The molecule has 0 aromatic carbocycles. The number of fused-ring (bicyclic) bond motifs is 1. The molecule has 0 saturated carbocycles. The average molecular weight is 246 g/mol. The first-order valence-corrected chi connectivity index (χ1v) is 6.98. The molecule has 2 aliphatic rings. The minimum atomic E-state index is 0.772. The molecule has 0 spiro atoms. The van der Waals surface area contributed by atoms with Crippen molar-refractivity contribution in [3.8, 4) is 0 Å². The van der Waals surface area contributed by atoms with Crippen molar-refractivity contribution >= 4 is 5.69 Å². The van der Waals surface area contributed by atoms with E-state index in [0.29, 0.717) is 0 Å². The van der Waals surface area contributed by atoms with E-state index in [1.807, 2.05) is 18.3 Å². The standard InChI is InChI=1S/C14H22N4/c15-12-4-5-16-13(9-12)10-17-7-8-18-6-2-1-3-14(18)11-17/h4-5,9,14H,1-3,6-8,10-11H2,(H2,15,16). The third-order valence-electron chi connectivity index (χ3n) is 4.15. The summed E-state index contributed by atoms with van der Waals surface area (Å²) in [5.41, 5.74) is 7.72. The molecule has 0 bridgehead atoms. The van der Waals surface area contributed by atoms with Gasteiger partial charge in [0, 0.05) is 44.1 Å². The Balaban J connectivity index is 1.61. The van der Waals surface area contributed by atoms with E-state index >= 15 is 0 Å². The number of aromatic nitrogens is 1. The average Bonchev–Trinajstić information content (AvgIpc) is 2.39. The van der Waals surface area contributed by atoms with Crippen molar-refractivity contribution in [2.75, 3.05) is 31.9 Å². The molecule has 1 unspecified atom stereocenters. The minimum Gasteiger partial charge on any atom is -0.399 e. The first kappa shape index (κ1) is 11.9. The Hall–Kier alpha value is -1.13. The lowest BCUT2D eigenvalue weighted by atomic mass is 9.99. The normalized spacial score (nSPS) is 25.9. The molecule has 0 radical (unpaired) electrons. The van der Waals surface area contributed by atoms with Crippen LogP contribution in [0.1, 0.15) is 25.0 Å². The lowest BCUT2D eigenvalue weighted by Gasteiger charge is -2.44. The van der Waals surface area contributed by atoms with Crippen molar-refractivity contribution in [3.05, 3.63) is 24.0 Å². The highest BCUT2D eigenvalue weighted by atomic mass is 15.3. The Kier molecular flexibility index (Phi) is 3.48.